The molecule has 0 amide bonds. The van der Waals surface area contributed by atoms with Gasteiger partial charge in [0.15, 0.2) is 5.17 Å². The first-order valence-electron chi connectivity index (χ1n) is 3.91. The molecule has 0 saturated heterocycles. The first-order chi connectivity index (χ1) is 6.76. The smallest absolute Gasteiger partial charge is 0.160 e. The molecule has 1 aromatic heterocycles. The molecule has 0 bridgehead atoms. The van der Waals surface area contributed by atoms with Crippen LogP contribution in [0.2, 0.25) is 0 Å². The summed E-state index contributed by atoms with van der Waals surface area (Å²) in [7, 11) is 0. The number of isothiocyanates is 1. The molecule has 1 aromatic rings. The van der Waals surface area contributed by atoms with Crippen LogP contribution in [0, 0.1) is 0 Å². The van der Waals surface area contributed by atoms with Gasteiger partial charge in [-0.1, -0.05) is 30.0 Å². The highest BCUT2D eigenvalue weighted by Crippen LogP contribution is 2.31. The van der Waals surface area contributed by atoms with E-state index in [4.69, 9.17) is 5.73 Å². The molecule has 0 aromatic carbocycles. The van der Waals surface area contributed by atoms with Crippen LogP contribution in [-0.4, -0.2) is 16.1 Å². The number of thiocarbonyl (C=S) groups is 1. The van der Waals surface area contributed by atoms with Gasteiger partial charge in [-0.05, 0) is 30.1 Å². The molecular weight excluding hydrogens is 234 g/mol. The fraction of sp³-hybridized carbons (Fsp3) is 0.250. The van der Waals surface area contributed by atoms with E-state index in [1.807, 2.05) is 19.1 Å². The molecule has 0 aliphatic heterocycles. The molecule has 0 aliphatic rings. The maximum atomic E-state index is 5.65. The van der Waals surface area contributed by atoms with Gasteiger partial charge in [-0.2, -0.15) is 4.99 Å². The van der Waals surface area contributed by atoms with Crippen molar-refractivity contribution in [3.05, 3.63) is 12.1 Å². The van der Waals surface area contributed by atoms with Crippen LogP contribution in [0.5, 0.6) is 0 Å². The maximum absolute atomic E-state index is 5.65. The number of hydrogen-bond acceptors (Lipinski definition) is 5. The minimum Gasteiger partial charge on any atom is -0.378 e. The van der Waals surface area contributed by atoms with Crippen LogP contribution in [0.15, 0.2) is 22.1 Å². The summed E-state index contributed by atoms with van der Waals surface area (Å²) in [6.45, 7) is 2.03. The highest BCUT2D eigenvalue weighted by Gasteiger charge is 1.98. The summed E-state index contributed by atoms with van der Waals surface area (Å²) in [4.78, 5) is 8.05. The van der Waals surface area contributed by atoms with Crippen molar-refractivity contribution in [2.45, 2.75) is 6.92 Å². The van der Waals surface area contributed by atoms with Gasteiger partial charge in [0, 0.05) is 0 Å². The number of hydrogen-bond donors (Lipinski definition) is 1. The Bertz CT molecular complexity index is 377. The van der Waals surface area contributed by atoms with Gasteiger partial charge in [-0.25, -0.2) is 4.99 Å². The minimum absolute atomic E-state index is 0.576. The van der Waals surface area contributed by atoms with Crippen LogP contribution in [0.3, 0.4) is 0 Å². The highest BCUT2D eigenvalue weighted by molar-refractivity contribution is 8.13. The van der Waals surface area contributed by atoms with Crippen molar-refractivity contribution in [2.24, 2.45) is 15.7 Å². The summed E-state index contributed by atoms with van der Waals surface area (Å²) in [5.74, 6) is 0.922. The number of thioether (sulfide) groups is 1. The van der Waals surface area contributed by atoms with Gasteiger partial charge in [0.1, 0.15) is 10.0 Å². The number of rotatable bonds is 3. The summed E-state index contributed by atoms with van der Waals surface area (Å²) in [5, 5.41) is 4.53. The van der Waals surface area contributed by atoms with E-state index < -0.39 is 0 Å². The van der Waals surface area contributed by atoms with E-state index in [0.717, 1.165) is 15.8 Å². The predicted molar refractivity (Wildman–Crippen MR) is 68.4 cm³/mol. The molecule has 0 fully saturated rings. The van der Waals surface area contributed by atoms with Crippen LogP contribution in [0.4, 0.5) is 10.0 Å². The lowest BCUT2D eigenvalue weighted by Crippen LogP contribution is -2.05. The lowest BCUT2D eigenvalue weighted by Gasteiger charge is -1.93. The fourth-order valence-electron chi connectivity index (χ4n) is 0.772. The van der Waals surface area contributed by atoms with E-state index in [2.05, 4.69) is 27.4 Å². The molecule has 1 heterocycles. The van der Waals surface area contributed by atoms with Crippen molar-refractivity contribution in [3.63, 3.8) is 0 Å². The lowest BCUT2D eigenvalue weighted by molar-refractivity contribution is 1.53. The quantitative estimate of drug-likeness (QED) is 0.504. The third-order valence-corrected chi connectivity index (χ3v) is 2.89. The first-order valence-corrected chi connectivity index (χ1v) is 6.12. The summed E-state index contributed by atoms with van der Waals surface area (Å²) < 4.78 is 0. The summed E-state index contributed by atoms with van der Waals surface area (Å²) in [5.41, 5.74) is 5.65. The molecule has 1 rings (SSSR count). The van der Waals surface area contributed by atoms with E-state index in [0.29, 0.717) is 5.17 Å². The SMILES string of the molecule is CCSC(N)=Nc1ccc(N=C=S)s1. The second kappa shape index (κ2) is 5.93. The predicted octanol–water partition coefficient (Wildman–Crippen LogP) is 3.18. The molecule has 0 spiro atoms. The van der Waals surface area contributed by atoms with Crippen LogP contribution in [0.25, 0.3) is 0 Å². The monoisotopic (exact) mass is 243 g/mol. The minimum atomic E-state index is 0.576. The van der Waals surface area contributed by atoms with Crippen molar-refractivity contribution < 1.29 is 0 Å². The van der Waals surface area contributed by atoms with E-state index in [1.165, 1.54) is 23.1 Å². The van der Waals surface area contributed by atoms with Crippen LogP contribution < -0.4 is 5.73 Å². The lowest BCUT2D eigenvalue weighted by atomic mass is 10.6. The Morgan fingerprint density at radius 2 is 2.36 bits per heavy atom. The van der Waals surface area contributed by atoms with Crippen LogP contribution in [-0.2, 0) is 0 Å². The average Bonchev–Trinajstić information content (AvgIpc) is 2.53. The third kappa shape index (κ3) is 3.59. The van der Waals surface area contributed by atoms with E-state index in [1.54, 1.807) is 0 Å². The number of nitrogens with zero attached hydrogens (tertiary/aromatic N) is 2. The Hall–Kier alpha value is -0.680. The summed E-state index contributed by atoms with van der Waals surface area (Å²) in [6.07, 6.45) is 0. The third-order valence-electron chi connectivity index (χ3n) is 1.25. The van der Waals surface area contributed by atoms with Crippen LogP contribution >= 0.6 is 35.3 Å². The van der Waals surface area contributed by atoms with Gasteiger partial charge in [0.2, 0.25) is 0 Å². The zero-order valence-electron chi connectivity index (χ0n) is 7.56. The largest absolute Gasteiger partial charge is 0.378 e. The molecule has 6 heteroatoms. The normalized spacial score (nSPS) is 11.1. The number of nitrogens with two attached hydrogens (primary N) is 1. The molecule has 2 N–H and O–H groups in total. The molecule has 0 saturated carbocycles. The van der Waals surface area contributed by atoms with Crippen molar-refractivity contribution in [1.82, 2.24) is 0 Å². The highest BCUT2D eigenvalue weighted by atomic mass is 32.2. The van der Waals surface area contributed by atoms with Gasteiger partial charge in [0.05, 0.1) is 5.16 Å². The standard InChI is InChI=1S/C8H9N3S3/c1-2-13-8(9)11-7-4-3-6(14-7)10-5-12/h3-4H,2H2,1H3,(H2,9,11). The van der Waals surface area contributed by atoms with Crippen molar-refractivity contribution >= 4 is 55.6 Å². The Morgan fingerprint density at radius 1 is 1.64 bits per heavy atom. The molecule has 0 radical (unpaired) electrons. The number of aliphatic imine (C=N–C) groups is 2. The molecule has 14 heavy (non-hydrogen) atoms. The Morgan fingerprint density at radius 3 is 3.00 bits per heavy atom. The topological polar surface area (TPSA) is 50.7 Å². The van der Waals surface area contributed by atoms with Gasteiger partial charge < -0.3 is 5.73 Å². The Kier molecular flexibility index (Phi) is 4.82. The average molecular weight is 243 g/mol. The summed E-state index contributed by atoms with van der Waals surface area (Å²) in [6, 6.07) is 3.70. The second-order valence-electron chi connectivity index (χ2n) is 2.20. The van der Waals surface area contributed by atoms with Gasteiger partial charge in [-0.3, -0.25) is 0 Å². The van der Waals surface area contributed by atoms with E-state index >= 15 is 0 Å². The zero-order chi connectivity index (χ0) is 10.4. The van der Waals surface area contributed by atoms with E-state index in [-0.39, 0.29) is 0 Å². The fourth-order valence-corrected chi connectivity index (χ4v) is 2.17. The van der Waals surface area contributed by atoms with Crippen molar-refractivity contribution in [3.8, 4) is 0 Å². The van der Waals surface area contributed by atoms with Gasteiger partial charge in [-0.15, -0.1) is 0 Å². The maximum Gasteiger partial charge on any atom is 0.160 e. The molecule has 0 unspecified atom stereocenters. The van der Waals surface area contributed by atoms with Gasteiger partial charge >= 0.3 is 0 Å². The van der Waals surface area contributed by atoms with Gasteiger partial charge in [0.25, 0.3) is 0 Å². The van der Waals surface area contributed by atoms with Crippen molar-refractivity contribution in [1.29, 1.82) is 0 Å². The molecule has 0 atom stereocenters. The summed E-state index contributed by atoms with van der Waals surface area (Å²) >= 11 is 7.45. The Labute approximate surface area is 96.1 Å². The molecule has 0 aliphatic carbocycles. The van der Waals surface area contributed by atoms with E-state index in [9.17, 15) is 0 Å². The van der Waals surface area contributed by atoms with Crippen LogP contribution in [0.1, 0.15) is 6.92 Å². The molecular formula is C8H9N3S3. The molecule has 74 valence electrons. The number of amidine groups is 1. The second-order valence-corrected chi connectivity index (χ2v) is 4.71. The van der Waals surface area contributed by atoms with Crippen molar-refractivity contribution in [2.75, 3.05) is 5.75 Å². The Balaban J connectivity index is 2.76. The number of thiophene rings is 1. The first kappa shape index (κ1) is 11.4. The zero-order valence-corrected chi connectivity index (χ0v) is 10.0. The molecule has 3 nitrogen and oxygen atoms in total.